The predicted octanol–water partition coefficient (Wildman–Crippen LogP) is 3.19. The summed E-state index contributed by atoms with van der Waals surface area (Å²) in [4.78, 5) is 4.57. The van der Waals surface area contributed by atoms with E-state index in [9.17, 15) is 0 Å². The number of imidazole rings is 1. The average Bonchev–Trinajstić information content (AvgIpc) is 2.89. The molecule has 3 rings (SSSR count). The Morgan fingerprint density at radius 2 is 2.05 bits per heavy atom. The number of nitrogens with zero attached hydrogens (tertiary/aromatic N) is 3. The molecule has 20 heavy (non-hydrogen) atoms. The van der Waals surface area contributed by atoms with E-state index >= 15 is 0 Å². The van der Waals surface area contributed by atoms with Gasteiger partial charge in [0.2, 0.25) is 0 Å². The Kier molecular flexibility index (Phi) is 2.88. The Hall–Kier alpha value is -2.80. The number of aromatic nitrogens is 2. The molecule has 4 nitrogen and oxygen atoms in total. The first kappa shape index (κ1) is 12.2. The van der Waals surface area contributed by atoms with E-state index < -0.39 is 0 Å². The zero-order valence-corrected chi connectivity index (χ0v) is 11.3. The predicted molar refractivity (Wildman–Crippen MR) is 76.6 cm³/mol. The highest BCUT2D eigenvalue weighted by molar-refractivity contribution is 5.65. The van der Waals surface area contributed by atoms with Crippen molar-refractivity contribution in [1.29, 1.82) is 5.26 Å². The molecule has 0 spiro atoms. The molecule has 0 amide bonds. The van der Waals surface area contributed by atoms with Gasteiger partial charge in [0, 0.05) is 18.0 Å². The monoisotopic (exact) mass is 263 g/mol. The van der Waals surface area contributed by atoms with E-state index in [1.165, 1.54) is 0 Å². The van der Waals surface area contributed by atoms with Crippen LogP contribution in [0.15, 0.2) is 42.7 Å². The van der Waals surface area contributed by atoms with Crippen molar-refractivity contribution >= 4 is 5.65 Å². The third-order valence-corrected chi connectivity index (χ3v) is 3.27. The van der Waals surface area contributed by atoms with Crippen molar-refractivity contribution in [2.45, 2.75) is 6.92 Å². The molecule has 0 saturated carbocycles. The Balaban J connectivity index is 2.10. The SMILES string of the molecule is COc1ccc(-c2cn3cc(C#N)ccc3n2)cc1C. The summed E-state index contributed by atoms with van der Waals surface area (Å²) in [5, 5.41) is 8.92. The summed E-state index contributed by atoms with van der Waals surface area (Å²) in [6, 6.07) is 11.7. The standard InChI is InChI=1S/C16H13N3O/c1-11-7-13(4-5-15(11)20-2)14-10-19-9-12(8-17)3-6-16(19)18-14/h3-7,9-10H,1-2H3. The van der Waals surface area contributed by atoms with Gasteiger partial charge in [-0.15, -0.1) is 0 Å². The van der Waals surface area contributed by atoms with Gasteiger partial charge in [-0.1, -0.05) is 0 Å². The van der Waals surface area contributed by atoms with E-state index in [0.717, 1.165) is 28.2 Å². The zero-order chi connectivity index (χ0) is 14.1. The van der Waals surface area contributed by atoms with Crippen molar-refractivity contribution in [2.75, 3.05) is 7.11 Å². The molecule has 3 aromatic rings. The van der Waals surface area contributed by atoms with Gasteiger partial charge in [-0.2, -0.15) is 5.26 Å². The van der Waals surface area contributed by atoms with Crippen molar-refractivity contribution in [3.63, 3.8) is 0 Å². The number of hydrogen-bond donors (Lipinski definition) is 0. The maximum absolute atomic E-state index is 8.92. The highest BCUT2D eigenvalue weighted by atomic mass is 16.5. The molecule has 0 radical (unpaired) electrons. The van der Waals surface area contributed by atoms with Crippen LogP contribution in [-0.4, -0.2) is 16.5 Å². The summed E-state index contributed by atoms with van der Waals surface area (Å²) in [5.74, 6) is 0.865. The summed E-state index contributed by atoms with van der Waals surface area (Å²) >= 11 is 0. The van der Waals surface area contributed by atoms with E-state index in [4.69, 9.17) is 10.00 Å². The minimum Gasteiger partial charge on any atom is -0.496 e. The summed E-state index contributed by atoms with van der Waals surface area (Å²) in [6.07, 6.45) is 3.71. The average molecular weight is 263 g/mol. The summed E-state index contributed by atoms with van der Waals surface area (Å²) in [6.45, 7) is 2.01. The lowest BCUT2D eigenvalue weighted by molar-refractivity contribution is 0.412. The number of pyridine rings is 1. The number of rotatable bonds is 2. The van der Waals surface area contributed by atoms with Crippen LogP contribution in [0.25, 0.3) is 16.9 Å². The number of nitriles is 1. The van der Waals surface area contributed by atoms with Crippen LogP contribution in [0.3, 0.4) is 0 Å². The molecule has 0 unspecified atom stereocenters. The van der Waals surface area contributed by atoms with Gasteiger partial charge in [0.1, 0.15) is 17.5 Å². The molecular formula is C16H13N3O. The Morgan fingerprint density at radius 1 is 1.20 bits per heavy atom. The van der Waals surface area contributed by atoms with E-state index in [-0.39, 0.29) is 0 Å². The number of aryl methyl sites for hydroxylation is 1. The van der Waals surface area contributed by atoms with Gasteiger partial charge in [-0.25, -0.2) is 4.98 Å². The van der Waals surface area contributed by atoms with E-state index in [1.54, 1.807) is 19.4 Å². The molecule has 0 aliphatic rings. The zero-order valence-electron chi connectivity index (χ0n) is 11.3. The second-order valence-corrected chi connectivity index (χ2v) is 4.61. The normalized spacial score (nSPS) is 10.4. The van der Waals surface area contributed by atoms with Gasteiger partial charge in [0.05, 0.1) is 18.4 Å². The Morgan fingerprint density at radius 3 is 2.75 bits per heavy atom. The number of fused-ring (bicyclic) bond motifs is 1. The van der Waals surface area contributed by atoms with E-state index in [2.05, 4.69) is 11.1 Å². The molecule has 0 bridgehead atoms. The Bertz CT molecular complexity index is 827. The first-order valence-electron chi connectivity index (χ1n) is 6.25. The van der Waals surface area contributed by atoms with Crippen molar-refractivity contribution in [1.82, 2.24) is 9.38 Å². The quantitative estimate of drug-likeness (QED) is 0.713. The van der Waals surface area contributed by atoms with Gasteiger partial charge in [0.25, 0.3) is 0 Å². The summed E-state index contributed by atoms with van der Waals surface area (Å²) in [7, 11) is 1.66. The third kappa shape index (κ3) is 1.99. The van der Waals surface area contributed by atoms with Gasteiger partial charge in [-0.3, -0.25) is 0 Å². The molecule has 0 aliphatic heterocycles. The van der Waals surface area contributed by atoms with Gasteiger partial charge in [-0.05, 0) is 42.8 Å². The molecule has 0 saturated heterocycles. The van der Waals surface area contributed by atoms with Gasteiger partial charge >= 0.3 is 0 Å². The lowest BCUT2D eigenvalue weighted by Gasteiger charge is -2.05. The molecule has 4 heteroatoms. The molecule has 0 fully saturated rings. The fourth-order valence-corrected chi connectivity index (χ4v) is 2.23. The molecule has 0 atom stereocenters. The minimum atomic E-state index is 0.618. The van der Waals surface area contributed by atoms with E-state index in [1.807, 2.05) is 41.8 Å². The van der Waals surface area contributed by atoms with Gasteiger partial charge < -0.3 is 9.14 Å². The number of hydrogen-bond acceptors (Lipinski definition) is 3. The highest BCUT2D eigenvalue weighted by Crippen LogP contribution is 2.25. The topological polar surface area (TPSA) is 50.3 Å². The van der Waals surface area contributed by atoms with Crippen molar-refractivity contribution in [3.8, 4) is 23.1 Å². The van der Waals surface area contributed by atoms with Crippen molar-refractivity contribution in [2.24, 2.45) is 0 Å². The maximum atomic E-state index is 8.92. The van der Waals surface area contributed by atoms with Crippen LogP contribution < -0.4 is 4.74 Å². The van der Waals surface area contributed by atoms with Crippen LogP contribution in [-0.2, 0) is 0 Å². The van der Waals surface area contributed by atoms with Crippen molar-refractivity contribution in [3.05, 3.63) is 53.9 Å². The van der Waals surface area contributed by atoms with Gasteiger partial charge in [0.15, 0.2) is 0 Å². The van der Waals surface area contributed by atoms with Crippen LogP contribution in [0.4, 0.5) is 0 Å². The first-order valence-corrected chi connectivity index (χ1v) is 6.25. The smallest absolute Gasteiger partial charge is 0.137 e. The molecule has 2 aromatic heterocycles. The lowest BCUT2D eigenvalue weighted by atomic mass is 10.1. The van der Waals surface area contributed by atoms with Crippen LogP contribution >= 0.6 is 0 Å². The fraction of sp³-hybridized carbons (Fsp3) is 0.125. The molecule has 98 valence electrons. The summed E-state index contributed by atoms with van der Waals surface area (Å²) in [5.41, 5.74) is 4.43. The second kappa shape index (κ2) is 4.71. The highest BCUT2D eigenvalue weighted by Gasteiger charge is 2.07. The summed E-state index contributed by atoms with van der Waals surface area (Å²) < 4.78 is 7.13. The van der Waals surface area contributed by atoms with E-state index in [0.29, 0.717) is 5.56 Å². The molecule has 1 aromatic carbocycles. The van der Waals surface area contributed by atoms with Crippen LogP contribution in [0.2, 0.25) is 0 Å². The molecule has 0 N–H and O–H groups in total. The first-order chi connectivity index (χ1) is 9.71. The van der Waals surface area contributed by atoms with Crippen molar-refractivity contribution < 1.29 is 4.74 Å². The van der Waals surface area contributed by atoms with Crippen LogP contribution in [0, 0.1) is 18.3 Å². The second-order valence-electron chi connectivity index (χ2n) is 4.61. The number of benzene rings is 1. The largest absolute Gasteiger partial charge is 0.496 e. The maximum Gasteiger partial charge on any atom is 0.137 e. The Labute approximate surface area is 116 Å². The lowest BCUT2D eigenvalue weighted by Crippen LogP contribution is -1.87. The number of ether oxygens (including phenoxy) is 1. The van der Waals surface area contributed by atoms with Crippen LogP contribution in [0.5, 0.6) is 5.75 Å². The fourth-order valence-electron chi connectivity index (χ4n) is 2.23. The third-order valence-electron chi connectivity index (χ3n) is 3.27. The molecular weight excluding hydrogens is 250 g/mol. The number of methoxy groups -OCH3 is 1. The van der Waals surface area contributed by atoms with Crippen LogP contribution in [0.1, 0.15) is 11.1 Å². The molecule has 2 heterocycles. The molecule has 0 aliphatic carbocycles. The minimum absolute atomic E-state index is 0.618.